The van der Waals surface area contributed by atoms with E-state index in [2.05, 4.69) is 31.3 Å². The highest BCUT2D eigenvalue weighted by Gasteiger charge is 2.11. The highest BCUT2D eigenvalue weighted by Crippen LogP contribution is 2.25. The summed E-state index contributed by atoms with van der Waals surface area (Å²) in [5.41, 5.74) is 2.87. The first-order valence-corrected chi connectivity index (χ1v) is 7.31. The normalized spacial score (nSPS) is 16.2. The van der Waals surface area contributed by atoms with Gasteiger partial charge in [0.25, 0.3) is 0 Å². The van der Waals surface area contributed by atoms with Gasteiger partial charge in [-0.3, -0.25) is 0 Å². The molecule has 19 heavy (non-hydrogen) atoms. The molecule has 0 fully saturated rings. The quantitative estimate of drug-likeness (QED) is 0.827. The van der Waals surface area contributed by atoms with Gasteiger partial charge in [0.15, 0.2) is 0 Å². The maximum absolute atomic E-state index is 9.81. The van der Waals surface area contributed by atoms with Gasteiger partial charge in [-0.05, 0) is 48.9 Å². The fourth-order valence-corrected chi connectivity index (χ4v) is 2.42. The van der Waals surface area contributed by atoms with E-state index < -0.39 is 6.10 Å². The Bertz CT molecular complexity index is 404. The second-order valence-corrected chi connectivity index (χ2v) is 5.67. The van der Waals surface area contributed by atoms with Crippen molar-refractivity contribution in [1.29, 1.82) is 0 Å². The second kappa shape index (κ2) is 6.92. The third-order valence-corrected chi connectivity index (χ3v) is 3.52. The van der Waals surface area contributed by atoms with Crippen LogP contribution in [0.4, 0.5) is 0 Å². The number of rotatable bonds is 6. The van der Waals surface area contributed by atoms with Crippen LogP contribution in [0.3, 0.4) is 0 Å². The van der Waals surface area contributed by atoms with Crippen LogP contribution in [0.1, 0.15) is 37.8 Å². The molecule has 0 amide bonds. The molecule has 1 aliphatic carbocycles. The molecule has 2 rings (SSSR count). The maximum atomic E-state index is 9.81. The summed E-state index contributed by atoms with van der Waals surface area (Å²) in [7, 11) is 0. The highest BCUT2D eigenvalue weighted by molar-refractivity contribution is 5.37. The van der Waals surface area contributed by atoms with Crippen molar-refractivity contribution in [3.05, 3.63) is 29.3 Å². The van der Waals surface area contributed by atoms with Crippen molar-refractivity contribution in [2.75, 3.05) is 13.2 Å². The van der Waals surface area contributed by atoms with Crippen molar-refractivity contribution < 1.29 is 9.84 Å². The molecule has 1 aromatic rings. The van der Waals surface area contributed by atoms with Gasteiger partial charge < -0.3 is 15.2 Å². The van der Waals surface area contributed by atoms with E-state index in [4.69, 9.17) is 4.74 Å². The number of benzene rings is 1. The van der Waals surface area contributed by atoms with Crippen LogP contribution in [0.5, 0.6) is 5.75 Å². The number of hydrogen-bond donors (Lipinski definition) is 2. The Morgan fingerprint density at radius 2 is 1.95 bits per heavy atom. The number of aliphatic hydroxyl groups is 1. The van der Waals surface area contributed by atoms with E-state index in [0.29, 0.717) is 19.2 Å². The number of fused-ring (bicyclic) bond motifs is 1. The molecule has 3 nitrogen and oxygen atoms in total. The van der Waals surface area contributed by atoms with E-state index in [9.17, 15) is 5.11 Å². The van der Waals surface area contributed by atoms with Crippen molar-refractivity contribution in [3.8, 4) is 5.75 Å². The smallest absolute Gasteiger partial charge is 0.119 e. The molecule has 0 heterocycles. The summed E-state index contributed by atoms with van der Waals surface area (Å²) in [4.78, 5) is 0. The third-order valence-electron chi connectivity index (χ3n) is 3.52. The monoisotopic (exact) mass is 263 g/mol. The maximum Gasteiger partial charge on any atom is 0.119 e. The minimum atomic E-state index is -0.460. The molecule has 1 atom stereocenters. The summed E-state index contributed by atoms with van der Waals surface area (Å²) in [6.07, 6.45) is 4.46. The van der Waals surface area contributed by atoms with Crippen LogP contribution < -0.4 is 10.1 Å². The number of ether oxygens (including phenoxy) is 1. The molecule has 0 saturated carbocycles. The molecular formula is C16H25NO2. The molecule has 0 saturated heterocycles. The van der Waals surface area contributed by atoms with Crippen molar-refractivity contribution in [2.24, 2.45) is 0 Å². The van der Waals surface area contributed by atoms with Crippen LogP contribution in [0.2, 0.25) is 0 Å². The van der Waals surface area contributed by atoms with Crippen LogP contribution in [0.15, 0.2) is 18.2 Å². The second-order valence-electron chi connectivity index (χ2n) is 5.67. The van der Waals surface area contributed by atoms with E-state index in [0.717, 1.165) is 12.2 Å². The van der Waals surface area contributed by atoms with Gasteiger partial charge in [-0.15, -0.1) is 0 Å². The Labute approximate surface area is 116 Å². The zero-order valence-corrected chi connectivity index (χ0v) is 12.0. The lowest BCUT2D eigenvalue weighted by Crippen LogP contribution is -2.35. The average molecular weight is 263 g/mol. The number of aryl methyl sites for hydroxylation is 2. The van der Waals surface area contributed by atoms with Crippen LogP contribution in [-0.2, 0) is 12.8 Å². The van der Waals surface area contributed by atoms with Crippen molar-refractivity contribution >= 4 is 0 Å². The third kappa shape index (κ3) is 4.51. The largest absolute Gasteiger partial charge is 0.491 e. The molecule has 106 valence electrons. The predicted octanol–water partition coefficient (Wildman–Crippen LogP) is 2.30. The lowest BCUT2D eigenvalue weighted by atomic mass is 9.92. The molecule has 0 aromatic heterocycles. The SMILES string of the molecule is CC(C)NCC(O)COc1ccc2c(c1)CCCC2. The molecular weight excluding hydrogens is 238 g/mol. The Kier molecular flexibility index (Phi) is 5.23. The summed E-state index contributed by atoms with van der Waals surface area (Å²) in [6, 6.07) is 6.71. The minimum absolute atomic E-state index is 0.346. The van der Waals surface area contributed by atoms with Gasteiger partial charge in [-0.25, -0.2) is 0 Å². The zero-order chi connectivity index (χ0) is 13.7. The molecule has 1 aromatic carbocycles. The fourth-order valence-electron chi connectivity index (χ4n) is 2.42. The van der Waals surface area contributed by atoms with E-state index in [1.165, 1.54) is 30.4 Å². The van der Waals surface area contributed by atoms with Crippen LogP contribution in [-0.4, -0.2) is 30.4 Å². The Morgan fingerprint density at radius 1 is 1.21 bits per heavy atom. The topological polar surface area (TPSA) is 41.5 Å². The number of hydrogen-bond acceptors (Lipinski definition) is 3. The molecule has 0 spiro atoms. The summed E-state index contributed by atoms with van der Waals surface area (Å²) in [5, 5.41) is 13.0. The van der Waals surface area contributed by atoms with Gasteiger partial charge in [0.2, 0.25) is 0 Å². The molecule has 1 unspecified atom stereocenters. The van der Waals surface area contributed by atoms with Crippen molar-refractivity contribution in [1.82, 2.24) is 5.32 Å². The summed E-state index contributed by atoms with van der Waals surface area (Å²) < 4.78 is 5.68. The molecule has 0 aliphatic heterocycles. The van der Waals surface area contributed by atoms with Crippen molar-refractivity contribution in [3.63, 3.8) is 0 Å². The van der Waals surface area contributed by atoms with Gasteiger partial charge in [0.05, 0.1) is 0 Å². The zero-order valence-electron chi connectivity index (χ0n) is 12.0. The highest BCUT2D eigenvalue weighted by atomic mass is 16.5. The van der Waals surface area contributed by atoms with Gasteiger partial charge in [-0.2, -0.15) is 0 Å². The summed E-state index contributed by atoms with van der Waals surface area (Å²) in [6.45, 7) is 5.05. The Balaban J connectivity index is 1.82. The average Bonchev–Trinajstić information content (AvgIpc) is 2.42. The van der Waals surface area contributed by atoms with Crippen LogP contribution >= 0.6 is 0 Å². The summed E-state index contributed by atoms with van der Waals surface area (Å²) in [5.74, 6) is 0.879. The standard InChI is InChI=1S/C16H25NO2/c1-12(2)17-10-15(18)11-19-16-8-7-13-5-3-4-6-14(13)9-16/h7-9,12,15,17-18H,3-6,10-11H2,1-2H3. The molecule has 1 aliphatic rings. The van der Waals surface area contributed by atoms with Crippen LogP contribution in [0.25, 0.3) is 0 Å². The van der Waals surface area contributed by atoms with Gasteiger partial charge >= 0.3 is 0 Å². The fraction of sp³-hybridized carbons (Fsp3) is 0.625. The van der Waals surface area contributed by atoms with Gasteiger partial charge in [-0.1, -0.05) is 19.9 Å². The molecule has 2 N–H and O–H groups in total. The van der Waals surface area contributed by atoms with E-state index >= 15 is 0 Å². The van der Waals surface area contributed by atoms with E-state index in [1.54, 1.807) is 0 Å². The van der Waals surface area contributed by atoms with Gasteiger partial charge in [0.1, 0.15) is 18.5 Å². The minimum Gasteiger partial charge on any atom is -0.491 e. The van der Waals surface area contributed by atoms with E-state index in [-0.39, 0.29) is 0 Å². The number of aliphatic hydroxyl groups excluding tert-OH is 1. The first-order valence-electron chi connectivity index (χ1n) is 7.31. The number of nitrogens with one attached hydrogen (secondary N) is 1. The van der Waals surface area contributed by atoms with E-state index in [1.807, 2.05) is 6.07 Å². The Hall–Kier alpha value is -1.06. The lowest BCUT2D eigenvalue weighted by molar-refractivity contribution is 0.104. The first-order chi connectivity index (χ1) is 9.15. The predicted molar refractivity (Wildman–Crippen MR) is 77.7 cm³/mol. The molecule has 0 radical (unpaired) electrons. The van der Waals surface area contributed by atoms with Crippen LogP contribution in [0, 0.1) is 0 Å². The Morgan fingerprint density at radius 3 is 2.68 bits per heavy atom. The lowest BCUT2D eigenvalue weighted by Gasteiger charge is -2.18. The first kappa shape index (κ1) is 14.4. The molecule has 3 heteroatoms. The summed E-state index contributed by atoms with van der Waals surface area (Å²) >= 11 is 0. The van der Waals surface area contributed by atoms with Gasteiger partial charge in [0, 0.05) is 12.6 Å². The molecule has 0 bridgehead atoms. The van der Waals surface area contributed by atoms with Crippen molar-refractivity contribution in [2.45, 2.75) is 51.7 Å².